The average molecular weight is 345 g/mol. The van der Waals surface area contributed by atoms with E-state index in [-0.39, 0.29) is 5.91 Å². The highest BCUT2D eigenvalue weighted by molar-refractivity contribution is 7.23. The van der Waals surface area contributed by atoms with Crippen LogP contribution in [0.1, 0.15) is 9.67 Å². The van der Waals surface area contributed by atoms with Crippen LogP contribution in [0.4, 0.5) is 5.13 Å². The van der Waals surface area contributed by atoms with Crippen molar-refractivity contribution in [1.82, 2.24) is 4.98 Å². The first-order valence-electron chi connectivity index (χ1n) is 6.56. The molecule has 0 bridgehead atoms. The van der Waals surface area contributed by atoms with Crippen molar-refractivity contribution in [2.75, 3.05) is 5.32 Å². The minimum absolute atomic E-state index is 0.217. The largest absolute Gasteiger partial charge is 0.297 e. The lowest BCUT2D eigenvalue weighted by molar-refractivity contribution is 0.103. The molecule has 2 aromatic carbocycles. The van der Waals surface area contributed by atoms with E-state index in [1.54, 1.807) is 0 Å². The van der Waals surface area contributed by atoms with Crippen molar-refractivity contribution >= 4 is 65.6 Å². The van der Waals surface area contributed by atoms with Crippen LogP contribution in [0.3, 0.4) is 0 Å². The SMILES string of the molecule is O=C(Nc1nc2ccccc2s1)c1sc2ccccc2c1Cl. The summed E-state index contributed by atoms with van der Waals surface area (Å²) in [7, 11) is 0. The zero-order valence-electron chi connectivity index (χ0n) is 11.2. The van der Waals surface area contributed by atoms with Gasteiger partial charge in [0.05, 0.1) is 15.2 Å². The molecule has 1 N–H and O–H groups in total. The van der Waals surface area contributed by atoms with Gasteiger partial charge in [-0.25, -0.2) is 4.98 Å². The number of benzene rings is 2. The predicted octanol–water partition coefficient (Wildman–Crippen LogP) is 5.42. The van der Waals surface area contributed by atoms with Crippen LogP contribution in [0.25, 0.3) is 20.3 Å². The molecule has 0 saturated carbocycles. The quantitative estimate of drug-likeness (QED) is 0.527. The third kappa shape index (κ3) is 2.27. The van der Waals surface area contributed by atoms with Crippen molar-refractivity contribution in [2.45, 2.75) is 0 Å². The van der Waals surface area contributed by atoms with E-state index in [0.717, 1.165) is 20.3 Å². The second kappa shape index (κ2) is 5.35. The third-order valence-electron chi connectivity index (χ3n) is 3.26. The lowest BCUT2D eigenvalue weighted by atomic mass is 10.2. The van der Waals surface area contributed by atoms with Crippen LogP contribution < -0.4 is 5.32 Å². The van der Waals surface area contributed by atoms with Crippen molar-refractivity contribution < 1.29 is 4.79 Å². The van der Waals surface area contributed by atoms with Crippen molar-refractivity contribution in [3.05, 3.63) is 58.4 Å². The number of rotatable bonds is 2. The summed E-state index contributed by atoms with van der Waals surface area (Å²) >= 11 is 9.17. The van der Waals surface area contributed by atoms with E-state index in [9.17, 15) is 4.79 Å². The predicted molar refractivity (Wildman–Crippen MR) is 94.4 cm³/mol. The smallest absolute Gasteiger partial charge is 0.269 e. The highest BCUT2D eigenvalue weighted by atomic mass is 35.5. The summed E-state index contributed by atoms with van der Waals surface area (Å²) < 4.78 is 2.04. The molecular weight excluding hydrogens is 336 g/mol. The number of hydrogen-bond acceptors (Lipinski definition) is 4. The van der Waals surface area contributed by atoms with Gasteiger partial charge < -0.3 is 0 Å². The van der Waals surface area contributed by atoms with Gasteiger partial charge in [0.15, 0.2) is 5.13 Å². The van der Waals surface area contributed by atoms with Crippen molar-refractivity contribution in [3.8, 4) is 0 Å². The number of nitrogens with zero attached hydrogens (tertiary/aromatic N) is 1. The fourth-order valence-electron chi connectivity index (χ4n) is 2.24. The second-order valence-corrected chi connectivity index (χ2v) is 7.14. The van der Waals surface area contributed by atoms with Gasteiger partial charge in [0.2, 0.25) is 0 Å². The van der Waals surface area contributed by atoms with Crippen LogP contribution in [0, 0.1) is 0 Å². The molecule has 3 nitrogen and oxygen atoms in total. The zero-order chi connectivity index (χ0) is 15.1. The maximum Gasteiger partial charge on any atom is 0.269 e. The Kier molecular flexibility index (Phi) is 3.33. The van der Waals surface area contributed by atoms with Crippen molar-refractivity contribution in [3.63, 3.8) is 0 Å². The first kappa shape index (κ1) is 13.7. The van der Waals surface area contributed by atoms with Crippen LogP contribution in [0.5, 0.6) is 0 Å². The summed E-state index contributed by atoms with van der Waals surface area (Å²) in [5.74, 6) is -0.217. The number of nitrogens with one attached hydrogen (secondary N) is 1. The summed E-state index contributed by atoms with van der Waals surface area (Å²) in [6.45, 7) is 0. The van der Waals surface area contributed by atoms with Gasteiger partial charge in [-0.15, -0.1) is 11.3 Å². The molecule has 22 heavy (non-hydrogen) atoms. The Balaban J connectivity index is 1.69. The molecule has 1 amide bonds. The minimum Gasteiger partial charge on any atom is -0.297 e. The summed E-state index contributed by atoms with van der Waals surface area (Å²) in [4.78, 5) is 17.4. The zero-order valence-corrected chi connectivity index (χ0v) is 13.6. The summed E-state index contributed by atoms with van der Waals surface area (Å²) in [5.41, 5.74) is 0.880. The van der Waals surface area contributed by atoms with Crippen LogP contribution in [0.2, 0.25) is 5.02 Å². The molecule has 0 aliphatic rings. The third-order valence-corrected chi connectivity index (χ3v) is 5.88. The standard InChI is InChI=1S/C16H9ClN2OS2/c17-13-9-5-1-3-7-11(9)21-14(13)15(20)19-16-18-10-6-2-4-8-12(10)22-16/h1-8H,(H,18,19,20). The molecule has 2 heterocycles. The fraction of sp³-hybridized carbons (Fsp3) is 0. The molecule has 0 atom stereocenters. The van der Waals surface area contributed by atoms with Gasteiger partial charge in [0, 0.05) is 10.1 Å². The Hall–Kier alpha value is -1.95. The number of amides is 1. The number of fused-ring (bicyclic) bond motifs is 2. The molecule has 0 aliphatic carbocycles. The van der Waals surface area contributed by atoms with Gasteiger partial charge in [-0.05, 0) is 18.2 Å². The Morgan fingerprint density at radius 3 is 2.50 bits per heavy atom. The van der Waals surface area contributed by atoms with E-state index in [1.807, 2.05) is 48.5 Å². The number of anilines is 1. The second-order valence-electron chi connectivity index (χ2n) is 4.68. The Labute approximate surface area is 139 Å². The topological polar surface area (TPSA) is 42.0 Å². The molecule has 0 spiro atoms. The number of aromatic nitrogens is 1. The molecule has 108 valence electrons. The average Bonchev–Trinajstić information content (AvgIpc) is 3.08. The number of thiophene rings is 1. The Morgan fingerprint density at radius 1 is 1.00 bits per heavy atom. The first-order chi connectivity index (χ1) is 10.7. The minimum atomic E-state index is -0.217. The lowest BCUT2D eigenvalue weighted by Gasteiger charge is -1.98. The van der Waals surface area contributed by atoms with Crippen LogP contribution in [-0.4, -0.2) is 10.9 Å². The van der Waals surface area contributed by atoms with Crippen LogP contribution >= 0.6 is 34.3 Å². The highest BCUT2D eigenvalue weighted by Crippen LogP contribution is 2.36. The van der Waals surface area contributed by atoms with Crippen LogP contribution in [0.15, 0.2) is 48.5 Å². The van der Waals surface area contributed by atoms with E-state index in [2.05, 4.69) is 10.3 Å². The monoisotopic (exact) mass is 344 g/mol. The van der Waals surface area contributed by atoms with E-state index < -0.39 is 0 Å². The van der Waals surface area contributed by atoms with E-state index in [1.165, 1.54) is 22.7 Å². The highest BCUT2D eigenvalue weighted by Gasteiger charge is 2.18. The summed E-state index contributed by atoms with van der Waals surface area (Å²) in [5, 5.41) is 4.83. The molecule has 0 saturated heterocycles. The molecule has 0 radical (unpaired) electrons. The van der Waals surface area contributed by atoms with Crippen LogP contribution in [-0.2, 0) is 0 Å². The number of para-hydroxylation sites is 1. The lowest BCUT2D eigenvalue weighted by Crippen LogP contribution is -2.10. The molecule has 6 heteroatoms. The molecule has 4 rings (SSSR count). The Bertz CT molecular complexity index is 973. The number of carbonyl (C=O) groups excluding carboxylic acids is 1. The fourth-order valence-corrected chi connectivity index (χ4v) is 4.51. The van der Waals surface area contributed by atoms with E-state index in [0.29, 0.717) is 15.0 Å². The number of halogens is 1. The molecule has 0 fully saturated rings. The normalized spacial score (nSPS) is 11.1. The van der Waals surface area contributed by atoms with E-state index >= 15 is 0 Å². The van der Waals surface area contributed by atoms with Gasteiger partial charge in [-0.1, -0.05) is 53.3 Å². The molecular formula is C16H9ClN2OS2. The summed E-state index contributed by atoms with van der Waals surface area (Å²) in [6, 6.07) is 15.5. The van der Waals surface area contributed by atoms with E-state index in [4.69, 9.17) is 11.6 Å². The molecule has 4 aromatic rings. The summed E-state index contributed by atoms with van der Waals surface area (Å²) in [6.07, 6.45) is 0. The Morgan fingerprint density at radius 2 is 1.73 bits per heavy atom. The van der Waals surface area contributed by atoms with Gasteiger partial charge >= 0.3 is 0 Å². The van der Waals surface area contributed by atoms with Gasteiger partial charge in [-0.3, -0.25) is 10.1 Å². The molecule has 0 aliphatic heterocycles. The number of thiazole rings is 1. The maximum absolute atomic E-state index is 12.5. The molecule has 2 aromatic heterocycles. The van der Waals surface area contributed by atoms with Gasteiger partial charge in [0.25, 0.3) is 5.91 Å². The van der Waals surface area contributed by atoms with Crippen molar-refractivity contribution in [2.24, 2.45) is 0 Å². The number of hydrogen-bond donors (Lipinski definition) is 1. The maximum atomic E-state index is 12.5. The molecule has 0 unspecified atom stereocenters. The van der Waals surface area contributed by atoms with Crippen molar-refractivity contribution in [1.29, 1.82) is 0 Å². The van der Waals surface area contributed by atoms with Gasteiger partial charge in [0.1, 0.15) is 4.88 Å². The number of carbonyl (C=O) groups is 1. The van der Waals surface area contributed by atoms with Gasteiger partial charge in [-0.2, -0.15) is 0 Å². The first-order valence-corrected chi connectivity index (χ1v) is 8.57.